The van der Waals surface area contributed by atoms with E-state index in [1.807, 2.05) is 0 Å². The molecule has 6 heteroatoms. The molecule has 2 aromatic carbocycles. The number of hydrogen-bond acceptors (Lipinski definition) is 2. The van der Waals surface area contributed by atoms with Crippen LogP contribution >= 0.6 is 0 Å². The van der Waals surface area contributed by atoms with Gasteiger partial charge in [-0.1, -0.05) is 12.0 Å². The highest BCUT2D eigenvalue weighted by Crippen LogP contribution is 2.30. The standard InChI is InChI=1S/C16H11F3N2O/c1-3-9-7-11(18)14(19)15(13(9)16(20)22)21-12-5-4-8(2)6-10(12)17/h1,4-7,21H,2H3,(H2,20,22). The van der Waals surface area contributed by atoms with Gasteiger partial charge >= 0.3 is 0 Å². The topological polar surface area (TPSA) is 55.1 Å². The molecule has 0 aliphatic heterocycles. The van der Waals surface area contributed by atoms with Crippen molar-refractivity contribution in [2.24, 2.45) is 5.73 Å². The zero-order valence-electron chi connectivity index (χ0n) is 11.5. The quantitative estimate of drug-likeness (QED) is 0.855. The van der Waals surface area contributed by atoms with E-state index in [4.69, 9.17) is 12.2 Å². The number of carbonyl (C=O) groups is 1. The summed E-state index contributed by atoms with van der Waals surface area (Å²) < 4.78 is 41.4. The van der Waals surface area contributed by atoms with E-state index in [1.165, 1.54) is 12.1 Å². The largest absolute Gasteiger partial charge is 0.365 e. The Balaban J connectivity index is 2.66. The van der Waals surface area contributed by atoms with E-state index in [1.54, 1.807) is 13.0 Å². The summed E-state index contributed by atoms with van der Waals surface area (Å²) in [7, 11) is 0. The second kappa shape index (κ2) is 5.82. The predicted molar refractivity (Wildman–Crippen MR) is 77.2 cm³/mol. The van der Waals surface area contributed by atoms with E-state index in [-0.39, 0.29) is 11.3 Å². The van der Waals surface area contributed by atoms with Gasteiger partial charge in [0.1, 0.15) is 5.82 Å². The minimum absolute atomic E-state index is 0.138. The van der Waals surface area contributed by atoms with Crippen LogP contribution < -0.4 is 11.1 Å². The summed E-state index contributed by atoms with van der Waals surface area (Å²) in [4.78, 5) is 11.5. The van der Waals surface area contributed by atoms with Gasteiger partial charge in [0.15, 0.2) is 11.6 Å². The Bertz CT molecular complexity index is 810. The number of halogens is 3. The van der Waals surface area contributed by atoms with Gasteiger partial charge in [-0.25, -0.2) is 13.2 Å². The Kier molecular flexibility index (Phi) is 4.08. The molecular weight excluding hydrogens is 293 g/mol. The summed E-state index contributed by atoms with van der Waals surface area (Å²) in [5.41, 5.74) is 4.44. The minimum Gasteiger partial charge on any atom is -0.365 e. The van der Waals surface area contributed by atoms with E-state index in [9.17, 15) is 18.0 Å². The maximum absolute atomic E-state index is 14.0. The van der Waals surface area contributed by atoms with Crippen LogP contribution in [0.2, 0.25) is 0 Å². The molecule has 112 valence electrons. The average Bonchev–Trinajstić information content (AvgIpc) is 2.45. The zero-order chi connectivity index (χ0) is 16.4. The van der Waals surface area contributed by atoms with E-state index >= 15 is 0 Å². The Morgan fingerprint density at radius 1 is 1.23 bits per heavy atom. The molecule has 0 aromatic heterocycles. The monoisotopic (exact) mass is 304 g/mol. The van der Waals surface area contributed by atoms with Crippen molar-refractivity contribution in [2.75, 3.05) is 5.32 Å². The Hall–Kier alpha value is -2.94. The molecule has 3 N–H and O–H groups in total. The number of amides is 1. The minimum atomic E-state index is -1.37. The molecule has 0 aliphatic carbocycles. The highest BCUT2D eigenvalue weighted by atomic mass is 19.2. The van der Waals surface area contributed by atoms with E-state index in [2.05, 4.69) is 11.2 Å². The number of benzene rings is 2. The lowest BCUT2D eigenvalue weighted by Gasteiger charge is -2.14. The van der Waals surface area contributed by atoms with Gasteiger partial charge in [-0.15, -0.1) is 6.42 Å². The number of nitrogens with two attached hydrogens (primary N) is 1. The van der Waals surface area contributed by atoms with Crippen LogP contribution in [-0.2, 0) is 0 Å². The number of rotatable bonds is 3. The zero-order valence-corrected chi connectivity index (χ0v) is 11.5. The fourth-order valence-corrected chi connectivity index (χ4v) is 1.97. The van der Waals surface area contributed by atoms with Crippen molar-refractivity contribution >= 4 is 17.3 Å². The van der Waals surface area contributed by atoms with Gasteiger partial charge in [-0.2, -0.15) is 0 Å². The third kappa shape index (κ3) is 2.74. The molecule has 0 atom stereocenters. The van der Waals surface area contributed by atoms with Crippen LogP contribution in [0.15, 0.2) is 24.3 Å². The van der Waals surface area contributed by atoms with E-state index < -0.39 is 34.6 Å². The second-order valence-corrected chi connectivity index (χ2v) is 4.59. The van der Waals surface area contributed by atoms with Crippen molar-refractivity contribution in [3.63, 3.8) is 0 Å². The maximum atomic E-state index is 14.0. The van der Waals surface area contributed by atoms with Crippen molar-refractivity contribution < 1.29 is 18.0 Å². The maximum Gasteiger partial charge on any atom is 0.252 e. The predicted octanol–water partition coefficient (Wildman–Crippen LogP) is 3.24. The fourth-order valence-electron chi connectivity index (χ4n) is 1.97. The first-order valence-electron chi connectivity index (χ1n) is 6.16. The van der Waals surface area contributed by atoms with E-state index in [0.29, 0.717) is 11.6 Å². The second-order valence-electron chi connectivity index (χ2n) is 4.59. The van der Waals surface area contributed by atoms with Gasteiger partial charge in [-0.3, -0.25) is 4.79 Å². The molecule has 1 amide bonds. The Labute approximate surface area is 124 Å². The first kappa shape index (κ1) is 15.4. The van der Waals surface area contributed by atoms with Gasteiger partial charge in [0.25, 0.3) is 5.91 Å². The molecule has 0 aliphatic rings. The van der Waals surface area contributed by atoms with Crippen LogP contribution in [0.25, 0.3) is 0 Å². The number of aryl methyl sites for hydroxylation is 1. The molecule has 3 nitrogen and oxygen atoms in total. The van der Waals surface area contributed by atoms with Crippen molar-refractivity contribution in [1.29, 1.82) is 0 Å². The number of anilines is 2. The van der Waals surface area contributed by atoms with Crippen LogP contribution in [0.5, 0.6) is 0 Å². The van der Waals surface area contributed by atoms with E-state index in [0.717, 1.165) is 0 Å². The molecular formula is C16H11F3N2O. The third-order valence-electron chi connectivity index (χ3n) is 3.01. The van der Waals surface area contributed by atoms with Crippen molar-refractivity contribution in [1.82, 2.24) is 0 Å². The van der Waals surface area contributed by atoms with Crippen molar-refractivity contribution in [3.8, 4) is 12.3 Å². The molecule has 0 bridgehead atoms. The van der Waals surface area contributed by atoms with Crippen LogP contribution in [0.4, 0.5) is 24.5 Å². The smallest absolute Gasteiger partial charge is 0.252 e. The van der Waals surface area contributed by atoms with Gasteiger partial charge < -0.3 is 11.1 Å². The summed E-state index contributed by atoms with van der Waals surface area (Å²) in [6.07, 6.45) is 5.17. The molecule has 2 aromatic rings. The van der Waals surface area contributed by atoms with Crippen molar-refractivity contribution in [3.05, 3.63) is 58.4 Å². The van der Waals surface area contributed by atoms with Crippen LogP contribution in [-0.4, -0.2) is 5.91 Å². The first-order valence-corrected chi connectivity index (χ1v) is 6.16. The van der Waals surface area contributed by atoms with Gasteiger partial charge in [0, 0.05) is 5.56 Å². The molecule has 22 heavy (non-hydrogen) atoms. The van der Waals surface area contributed by atoms with Crippen LogP contribution in [0.1, 0.15) is 21.5 Å². The van der Waals surface area contributed by atoms with Gasteiger partial charge in [0.05, 0.1) is 16.9 Å². The molecule has 0 saturated carbocycles. The average molecular weight is 304 g/mol. The lowest BCUT2D eigenvalue weighted by molar-refractivity contribution is 0.100. The molecule has 0 fully saturated rings. The normalized spacial score (nSPS) is 10.1. The summed E-state index contributed by atoms with van der Waals surface area (Å²) >= 11 is 0. The van der Waals surface area contributed by atoms with Crippen LogP contribution in [0, 0.1) is 36.7 Å². The number of hydrogen-bond donors (Lipinski definition) is 2. The molecule has 0 unspecified atom stereocenters. The van der Waals surface area contributed by atoms with Gasteiger partial charge in [-0.05, 0) is 30.7 Å². The summed E-state index contributed by atoms with van der Waals surface area (Å²) in [6.45, 7) is 1.67. The Morgan fingerprint density at radius 3 is 2.45 bits per heavy atom. The number of terminal acetylenes is 1. The lowest BCUT2D eigenvalue weighted by Crippen LogP contribution is -2.17. The molecule has 2 rings (SSSR count). The number of primary amides is 1. The summed E-state index contributed by atoms with van der Waals surface area (Å²) in [5, 5.41) is 2.35. The third-order valence-corrected chi connectivity index (χ3v) is 3.01. The number of nitrogens with one attached hydrogen (secondary N) is 1. The SMILES string of the molecule is C#Cc1cc(F)c(F)c(Nc2ccc(C)cc2F)c1C(N)=O. The summed E-state index contributed by atoms with van der Waals surface area (Å²) in [5.74, 6) is -2.33. The van der Waals surface area contributed by atoms with Crippen molar-refractivity contribution in [2.45, 2.75) is 6.92 Å². The summed E-state index contributed by atoms with van der Waals surface area (Å²) in [6, 6.07) is 4.78. The van der Waals surface area contributed by atoms with Crippen LogP contribution in [0.3, 0.4) is 0 Å². The lowest BCUT2D eigenvalue weighted by atomic mass is 10.0. The first-order chi connectivity index (χ1) is 10.3. The van der Waals surface area contributed by atoms with Gasteiger partial charge in [0.2, 0.25) is 0 Å². The Morgan fingerprint density at radius 2 is 1.91 bits per heavy atom. The highest BCUT2D eigenvalue weighted by molar-refractivity contribution is 6.02. The fraction of sp³-hybridized carbons (Fsp3) is 0.0625. The molecule has 0 radical (unpaired) electrons. The molecule has 0 saturated heterocycles. The molecule has 0 spiro atoms. The highest BCUT2D eigenvalue weighted by Gasteiger charge is 2.22. The molecule has 0 heterocycles. The number of carbonyl (C=O) groups excluding carboxylic acids is 1.